The number of nitrogens with zero attached hydrogens (tertiary/aromatic N) is 4. The number of aryl methyl sites for hydroxylation is 2. The van der Waals surface area contributed by atoms with Gasteiger partial charge in [-0.1, -0.05) is 0 Å². The van der Waals surface area contributed by atoms with E-state index in [0.29, 0.717) is 11.0 Å². The number of urea groups is 1. The Labute approximate surface area is 117 Å². The quantitative estimate of drug-likeness (QED) is 0.459. The van der Waals surface area contributed by atoms with Crippen LogP contribution in [0.1, 0.15) is 5.56 Å². The monoisotopic (exact) mass is 292 g/mol. The molecule has 1 heterocycles. The standard InChI is InChI=1S/C11H12N6O4/c1-15-8-3-6(5-13-14-10(12)18)7(17(20)21)4-9(8)16(2)11(15)19/h3-5H,1-2H3,(H3,12,14,18). The fourth-order valence-electron chi connectivity index (χ4n) is 1.98. The molecule has 10 heteroatoms. The van der Waals surface area contributed by atoms with E-state index in [1.54, 1.807) is 7.05 Å². The van der Waals surface area contributed by atoms with E-state index in [9.17, 15) is 19.7 Å². The molecule has 0 radical (unpaired) electrons. The number of benzene rings is 1. The average molecular weight is 292 g/mol. The number of hydrogen-bond donors (Lipinski definition) is 2. The highest BCUT2D eigenvalue weighted by molar-refractivity contribution is 5.93. The lowest BCUT2D eigenvalue weighted by molar-refractivity contribution is -0.384. The zero-order valence-electron chi connectivity index (χ0n) is 11.2. The first-order valence-electron chi connectivity index (χ1n) is 5.75. The molecule has 0 atom stereocenters. The molecule has 110 valence electrons. The van der Waals surface area contributed by atoms with E-state index in [-0.39, 0.29) is 16.9 Å². The molecular weight excluding hydrogens is 280 g/mol. The van der Waals surface area contributed by atoms with Crippen LogP contribution in [0.2, 0.25) is 0 Å². The number of nitrogens with one attached hydrogen (secondary N) is 1. The van der Waals surface area contributed by atoms with Gasteiger partial charge in [-0.25, -0.2) is 15.0 Å². The summed E-state index contributed by atoms with van der Waals surface area (Å²) in [5, 5.41) is 14.6. The third-order valence-electron chi connectivity index (χ3n) is 3.00. The van der Waals surface area contributed by atoms with Gasteiger partial charge in [-0.05, 0) is 6.07 Å². The molecule has 0 fully saturated rings. The molecule has 0 aliphatic rings. The lowest BCUT2D eigenvalue weighted by atomic mass is 10.1. The van der Waals surface area contributed by atoms with Gasteiger partial charge < -0.3 is 5.73 Å². The van der Waals surface area contributed by atoms with Gasteiger partial charge >= 0.3 is 11.7 Å². The Bertz CT molecular complexity index is 831. The number of nitrogens with two attached hydrogens (primary N) is 1. The van der Waals surface area contributed by atoms with Crippen molar-refractivity contribution in [1.29, 1.82) is 0 Å². The number of hydrazone groups is 1. The van der Waals surface area contributed by atoms with Crippen molar-refractivity contribution in [2.75, 3.05) is 0 Å². The number of carbonyl (C=O) groups excluding carboxylic acids is 1. The Morgan fingerprint density at radius 2 is 1.95 bits per heavy atom. The molecule has 0 unspecified atom stereocenters. The first kappa shape index (κ1) is 14.2. The second-order valence-corrected chi connectivity index (χ2v) is 4.29. The molecule has 10 nitrogen and oxygen atoms in total. The van der Waals surface area contributed by atoms with E-state index in [4.69, 9.17) is 5.73 Å². The summed E-state index contributed by atoms with van der Waals surface area (Å²) in [6.45, 7) is 0. The molecule has 0 saturated carbocycles. The van der Waals surface area contributed by atoms with Crippen molar-refractivity contribution in [3.8, 4) is 0 Å². The summed E-state index contributed by atoms with van der Waals surface area (Å²) in [7, 11) is 3.08. The van der Waals surface area contributed by atoms with Gasteiger partial charge in [-0.15, -0.1) is 0 Å². The van der Waals surface area contributed by atoms with Crippen LogP contribution in [0.15, 0.2) is 22.0 Å². The predicted octanol–water partition coefficient (Wildman–Crippen LogP) is -0.213. The van der Waals surface area contributed by atoms with Crippen molar-refractivity contribution in [1.82, 2.24) is 14.6 Å². The van der Waals surface area contributed by atoms with Crippen LogP contribution in [0.4, 0.5) is 10.5 Å². The third-order valence-corrected chi connectivity index (χ3v) is 3.00. The van der Waals surface area contributed by atoms with Crippen molar-refractivity contribution >= 4 is 29.0 Å². The number of carbonyl (C=O) groups is 1. The molecular formula is C11H12N6O4. The third kappa shape index (κ3) is 2.45. The van der Waals surface area contributed by atoms with Crippen LogP contribution < -0.4 is 16.8 Å². The van der Waals surface area contributed by atoms with E-state index in [1.165, 1.54) is 28.3 Å². The van der Waals surface area contributed by atoms with Crippen LogP contribution in [-0.2, 0) is 14.1 Å². The fraction of sp³-hybridized carbons (Fsp3) is 0.182. The van der Waals surface area contributed by atoms with Crippen LogP contribution in [0, 0.1) is 10.1 Å². The lowest BCUT2D eigenvalue weighted by Gasteiger charge is -2.00. The number of nitro benzene ring substituents is 1. The number of imidazole rings is 1. The van der Waals surface area contributed by atoms with Crippen LogP contribution in [0.5, 0.6) is 0 Å². The number of aromatic nitrogens is 2. The summed E-state index contributed by atoms with van der Waals surface area (Å²) in [4.78, 5) is 32.9. The number of fused-ring (bicyclic) bond motifs is 1. The van der Waals surface area contributed by atoms with Crippen molar-refractivity contribution in [3.05, 3.63) is 38.3 Å². The van der Waals surface area contributed by atoms with Gasteiger partial charge in [0.1, 0.15) is 0 Å². The summed E-state index contributed by atoms with van der Waals surface area (Å²) in [6.07, 6.45) is 1.10. The van der Waals surface area contributed by atoms with E-state index < -0.39 is 11.0 Å². The molecule has 3 N–H and O–H groups in total. The minimum Gasteiger partial charge on any atom is -0.350 e. The van der Waals surface area contributed by atoms with Gasteiger partial charge in [0.25, 0.3) is 5.69 Å². The molecule has 0 spiro atoms. The fourth-order valence-corrected chi connectivity index (χ4v) is 1.98. The maximum Gasteiger partial charge on any atom is 0.332 e. The van der Waals surface area contributed by atoms with Crippen LogP contribution in [0.3, 0.4) is 0 Å². The Morgan fingerprint density at radius 1 is 1.38 bits per heavy atom. The molecule has 1 aromatic carbocycles. The van der Waals surface area contributed by atoms with Crippen molar-refractivity contribution in [2.24, 2.45) is 24.9 Å². The Hall–Kier alpha value is -3.17. The number of nitro groups is 1. The maximum atomic E-state index is 11.8. The highest BCUT2D eigenvalue weighted by Crippen LogP contribution is 2.23. The minimum absolute atomic E-state index is 0.141. The second kappa shape index (κ2) is 5.07. The van der Waals surface area contributed by atoms with Crippen LogP contribution in [-0.4, -0.2) is 26.3 Å². The Morgan fingerprint density at radius 3 is 2.48 bits per heavy atom. The van der Waals surface area contributed by atoms with Crippen LogP contribution >= 0.6 is 0 Å². The summed E-state index contributed by atoms with van der Waals surface area (Å²) >= 11 is 0. The normalized spacial score (nSPS) is 11.1. The summed E-state index contributed by atoms with van der Waals surface area (Å²) in [6, 6.07) is 1.84. The predicted molar refractivity (Wildman–Crippen MR) is 75.1 cm³/mol. The van der Waals surface area contributed by atoms with Gasteiger partial charge in [0.05, 0.1) is 27.7 Å². The summed E-state index contributed by atoms with van der Waals surface area (Å²) < 4.78 is 2.67. The van der Waals surface area contributed by atoms with E-state index in [1.807, 2.05) is 5.43 Å². The minimum atomic E-state index is -0.887. The molecule has 0 saturated heterocycles. The zero-order chi connectivity index (χ0) is 15.7. The highest BCUT2D eigenvalue weighted by Gasteiger charge is 2.18. The van der Waals surface area contributed by atoms with E-state index in [2.05, 4.69) is 5.10 Å². The van der Waals surface area contributed by atoms with E-state index >= 15 is 0 Å². The smallest absolute Gasteiger partial charge is 0.332 e. The zero-order valence-corrected chi connectivity index (χ0v) is 11.2. The summed E-state index contributed by atoms with van der Waals surface area (Å²) in [5.74, 6) is 0. The van der Waals surface area contributed by atoms with Gasteiger partial charge in [0, 0.05) is 20.2 Å². The number of hydrogen-bond acceptors (Lipinski definition) is 5. The van der Waals surface area contributed by atoms with Crippen molar-refractivity contribution in [2.45, 2.75) is 0 Å². The topological polar surface area (TPSA) is 138 Å². The maximum absolute atomic E-state index is 11.8. The Balaban J connectivity index is 2.68. The lowest BCUT2D eigenvalue weighted by Crippen LogP contribution is -2.24. The molecule has 0 bridgehead atoms. The molecule has 0 aliphatic carbocycles. The Kier molecular flexibility index (Phi) is 3.44. The largest absolute Gasteiger partial charge is 0.350 e. The highest BCUT2D eigenvalue weighted by atomic mass is 16.6. The molecule has 2 rings (SSSR count). The van der Waals surface area contributed by atoms with Gasteiger partial charge in [-0.3, -0.25) is 19.2 Å². The molecule has 2 aromatic rings. The number of rotatable bonds is 3. The molecule has 2 amide bonds. The van der Waals surface area contributed by atoms with Gasteiger partial charge in [0.15, 0.2) is 0 Å². The average Bonchev–Trinajstić information content (AvgIpc) is 2.62. The second-order valence-electron chi connectivity index (χ2n) is 4.29. The molecule has 21 heavy (non-hydrogen) atoms. The van der Waals surface area contributed by atoms with Crippen molar-refractivity contribution in [3.63, 3.8) is 0 Å². The van der Waals surface area contributed by atoms with E-state index in [0.717, 1.165) is 6.21 Å². The SMILES string of the molecule is Cn1c(=O)n(C)c2cc([N+](=O)[O-])c(C=NNC(N)=O)cc21. The molecule has 1 aromatic heterocycles. The number of amides is 2. The van der Waals surface area contributed by atoms with Gasteiger partial charge in [-0.2, -0.15) is 5.10 Å². The van der Waals surface area contributed by atoms with Crippen LogP contribution in [0.25, 0.3) is 11.0 Å². The first-order valence-corrected chi connectivity index (χ1v) is 5.75. The molecule has 0 aliphatic heterocycles. The first-order chi connectivity index (χ1) is 9.82. The number of primary amides is 1. The summed E-state index contributed by atoms with van der Waals surface area (Å²) in [5.41, 5.74) is 7.33. The van der Waals surface area contributed by atoms with Crippen molar-refractivity contribution < 1.29 is 9.72 Å². The van der Waals surface area contributed by atoms with Gasteiger partial charge in [0.2, 0.25) is 0 Å².